The van der Waals surface area contributed by atoms with E-state index >= 15 is 0 Å². The molecule has 1 atom stereocenters. The third-order valence-corrected chi connectivity index (χ3v) is 5.15. The molecule has 0 aliphatic heterocycles. The molecule has 3 aromatic heterocycles. The van der Waals surface area contributed by atoms with Crippen molar-refractivity contribution in [3.05, 3.63) is 40.6 Å². The summed E-state index contributed by atoms with van der Waals surface area (Å²) in [5.41, 5.74) is 2.63. The number of hydrogen-bond acceptors (Lipinski definition) is 8. The van der Waals surface area contributed by atoms with E-state index in [1.807, 2.05) is 0 Å². The highest BCUT2D eigenvalue weighted by atomic mass is 32.2. The van der Waals surface area contributed by atoms with Gasteiger partial charge in [-0.2, -0.15) is 0 Å². The van der Waals surface area contributed by atoms with Crippen LogP contribution in [0.4, 0.5) is 0 Å². The maximum absolute atomic E-state index is 12.8. The molecule has 0 fully saturated rings. The molecule has 27 heavy (non-hydrogen) atoms. The number of carbonyl (C=O) groups excluding carboxylic acids is 2. The molecule has 3 heterocycles. The molecule has 0 aliphatic rings. The van der Waals surface area contributed by atoms with Gasteiger partial charge < -0.3 is 18.6 Å². The van der Waals surface area contributed by atoms with Gasteiger partial charge in [0.2, 0.25) is 0 Å². The lowest BCUT2D eigenvalue weighted by atomic mass is 10.1. The fourth-order valence-electron chi connectivity index (χ4n) is 2.79. The summed E-state index contributed by atoms with van der Waals surface area (Å²) < 4.78 is 15.6. The number of nitrogens with zero attached hydrogens (tertiary/aromatic N) is 2. The Labute approximate surface area is 159 Å². The van der Waals surface area contributed by atoms with Gasteiger partial charge in [0.25, 0.3) is 11.1 Å². The van der Waals surface area contributed by atoms with Crippen LogP contribution in [0.1, 0.15) is 44.8 Å². The molecule has 3 aromatic rings. The Morgan fingerprint density at radius 3 is 2.63 bits per heavy atom. The number of hydrogen-bond donors (Lipinski definition) is 1. The minimum Gasteiger partial charge on any atom is -0.469 e. The normalized spacial score (nSPS) is 12.2. The molecular formula is C18H19N3O5S. The zero-order valence-electron chi connectivity index (χ0n) is 15.6. The second kappa shape index (κ2) is 7.43. The van der Waals surface area contributed by atoms with Crippen molar-refractivity contribution in [2.75, 3.05) is 7.11 Å². The van der Waals surface area contributed by atoms with Crippen LogP contribution in [0.2, 0.25) is 0 Å². The Hall–Kier alpha value is -2.81. The van der Waals surface area contributed by atoms with Crippen molar-refractivity contribution in [1.29, 1.82) is 0 Å². The monoisotopic (exact) mass is 389 g/mol. The number of aromatic amines is 1. The second-order valence-electron chi connectivity index (χ2n) is 6.00. The average Bonchev–Trinajstić information content (AvgIpc) is 3.33. The smallest absolute Gasteiger partial charge is 0.339 e. The second-order valence-corrected chi connectivity index (χ2v) is 7.30. The molecular weight excluding hydrogens is 370 g/mol. The number of rotatable bonds is 6. The molecule has 3 rings (SSSR count). The van der Waals surface area contributed by atoms with Gasteiger partial charge in [0.05, 0.1) is 35.4 Å². The molecule has 142 valence electrons. The van der Waals surface area contributed by atoms with Gasteiger partial charge in [-0.3, -0.25) is 4.79 Å². The third kappa shape index (κ3) is 3.55. The first-order chi connectivity index (χ1) is 12.8. The van der Waals surface area contributed by atoms with E-state index < -0.39 is 11.2 Å². The fourth-order valence-corrected chi connectivity index (χ4v) is 3.53. The van der Waals surface area contributed by atoms with Crippen LogP contribution in [0.3, 0.4) is 0 Å². The summed E-state index contributed by atoms with van der Waals surface area (Å²) in [6.45, 7) is 6.99. The lowest BCUT2D eigenvalue weighted by molar-refractivity contribution is 0.0599. The van der Waals surface area contributed by atoms with E-state index in [-0.39, 0.29) is 11.0 Å². The Balaban J connectivity index is 1.78. The Morgan fingerprint density at radius 2 is 2.00 bits per heavy atom. The first kappa shape index (κ1) is 19.0. The molecule has 0 unspecified atom stereocenters. The number of ether oxygens (including phenoxy) is 1. The predicted molar refractivity (Wildman–Crippen MR) is 98.0 cm³/mol. The Bertz CT molecular complexity index is 1000. The van der Waals surface area contributed by atoms with Crippen molar-refractivity contribution >= 4 is 23.5 Å². The van der Waals surface area contributed by atoms with Gasteiger partial charge in [-0.25, -0.2) is 4.79 Å². The zero-order valence-corrected chi connectivity index (χ0v) is 16.4. The summed E-state index contributed by atoms with van der Waals surface area (Å²) in [4.78, 5) is 27.7. The number of thioether (sulfide) groups is 1. The average molecular weight is 389 g/mol. The van der Waals surface area contributed by atoms with Crippen molar-refractivity contribution in [3.63, 3.8) is 0 Å². The highest BCUT2D eigenvalue weighted by Crippen LogP contribution is 2.30. The van der Waals surface area contributed by atoms with Crippen LogP contribution in [0.15, 0.2) is 26.4 Å². The molecule has 0 saturated heterocycles. The number of Topliss-reactive ketones (excluding diaryl/α,β-unsaturated/α-hetero) is 1. The maximum Gasteiger partial charge on any atom is 0.339 e. The number of carbonyl (C=O) groups is 2. The van der Waals surface area contributed by atoms with Crippen molar-refractivity contribution in [2.24, 2.45) is 0 Å². The first-order valence-electron chi connectivity index (χ1n) is 8.19. The molecule has 0 aliphatic carbocycles. The molecule has 0 saturated carbocycles. The van der Waals surface area contributed by atoms with Crippen LogP contribution < -0.4 is 0 Å². The van der Waals surface area contributed by atoms with Gasteiger partial charge in [0.1, 0.15) is 5.76 Å². The number of aromatic nitrogens is 3. The Morgan fingerprint density at radius 1 is 1.26 bits per heavy atom. The molecule has 0 amide bonds. The summed E-state index contributed by atoms with van der Waals surface area (Å²) in [6.07, 6.45) is 1.54. The predicted octanol–water partition coefficient (Wildman–Crippen LogP) is 3.73. The SMILES string of the molecule is COC(=O)c1c(C)[nH]c(C(=O)[C@@H](C)Sc2nnc(-c3ccoc3C)o2)c1C. The van der Waals surface area contributed by atoms with E-state index in [4.69, 9.17) is 13.6 Å². The van der Waals surface area contributed by atoms with Gasteiger partial charge in [0.15, 0.2) is 5.78 Å². The topological polar surface area (TPSA) is 111 Å². The molecule has 0 bridgehead atoms. The number of esters is 1. The number of ketones is 1. The van der Waals surface area contributed by atoms with E-state index in [1.54, 1.807) is 40.0 Å². The van der Waals surface area contributed by atoms with Crippen LogP contribution in [-0.2, 0) is 4.74 Å². The quantitative estimate of drug-likeness (QED) is 0.386. The zero-order chi connectivity index (χ0) is 19.7. The first-order valence-corrected chi connectivity index (χ1v) is 9.07. The molecule has 0 radical (unpaired) electrons. The van der Waals surface area contributed by atoms with Crippen molar-refractivity contribution in [1.82, 2.24) is 15.2 Å². The van der Waals surface area contributed by atoms with E-state index in [0.717, 1.165) is 11.8 Å². The highest BCUT2D eigenvalue weighted by molar-refractivity contribution is 8.00. The summed E-state index contributed by atoms with van der Waals surface area (Å²) in [5.74, 6) is 0.364. The molecule has 1 N–H and O–H groups in total. The number of H-pyrrole nitrogens is 1. The lowest BCUT2D eigenvalue weighted by Gasteiger charge is -2.07. The summed E-state index contributed by atoms with van der Waals surface area (Å²) in [5, 5.41) is 7.76. The maximum atomic E-state index is 12.8. The molecule has 0 spiro atoms. The van der Waals surface area contributed by atoms with Crippen molar-refractivity contribution < 1.29 is 23.2 Å². The van der Waals surface area contributed by atoms with Gasteiger partial charge in [-0.1, -0.05) is 11.8 Å². The number of methoxy groups -OCH3 is 1. The van der Waals surface area contributed by atoms with Crippen molar-refractivity contribution in [2.45, 2.75) is 38.2 Å². The molecule has 9 heteroatoms. The number of nitrogens with one attached hydrogen (secondary N) is 1. The lowest BCUT2D eigenvalue weighted by Crippen LogP contribution is -2.15. The largest absolute Gasteiger partial charge is 0.469 e. The standard InChI is InChI=1S/C18H19N3O5S/c1-8-13(17(23)24-5)9(2)19-14(8)15(22)11(4)27-18-21-20-16(26-18)12-6-7-25-10(12)3/h6-7,11,19H,1-5H3/t11-/m1/s1. The molecule has 8 nitrogen and oxygen atoms in total. The van der Waals surface area contributed by atoms with Crippen LogP contribution in [0, 0.1) is 20.8 Å². The number of furan rings is 1. The van der Waals surface area contributed by atoms with Gasteiger partial charge in [0, 0.05) is 5.69 Å². The van der Waals surface area contributed by atoms with Crippen LogP contribution >= 0.6 is 11.8 Å². The Kier molecular flexibility index (Phi) is 5.22. The minimum absolute atomic E-state index is 0.171. The van der Waals surface area contributed by atoms with E-state index in [1.165, 1.54) is 7.11 Å². The summed E-state index contributed by atoms with van der Waals surface area (Å²) in [6, 6.07) is 1.74. The summed E-state index contributed by atoms with van der Waals surface area (Å²) in [7, 11) is 1.31. The van der Waals surface area contributed by atoms with Crippen LogP contribution in [0.25, 0.3) is 11.5 Å². The van der Waals surface area contributed by atoms with Gasteiger partial charge in [-0.15, -0.1) is 10.2 Å². The third-order valence-electron chi connectivity index (χ3n) is 4.22. The van der Waals surface area contributed by atoms with Gasteiger partial charge >= 0.3 is 5.97 Å². The highest BCUT2D eigenvalue weighted by Gasteiger charge is 2.27. The summed E-state index contributed by atoms with van der Waals surface area (Å²) >= 11 is 1.15. The van der Waals surface area contributed by atoms with Crippen molar-refractivity contribution in [3.8, 4) is 11.5 Å². The number of aryl methyl sites for hydroxylation is 2. The van der Waals surface area contributed by atoms with Gasteiger partial charge in [-0.05, 0) is 39.3 Å². The van der Waals surface area contributed by atoms with E-state index in [2.05, 4.69) is 15.2 Å². The molecule has 0 aromatic carbocycles. The fraction of sp³-hybridized carbons (Fsp3) is 0.333. The van der Waals surface area contributed by atoms with E-state index in [0.29, 0.717) is 39.7 Å². The van der Waals surface area contributed by atoms with Crippen LogP contribution in [0.5, 0.6) is 0 Å². The minimum atomic E-state index is -0.494. The van der Waals surface area contributed by atoms with E-state index in [9.17, 15) is 9.59 Å². The van der Waals surface area contributed by atoms with Crippen LogP contribution in [-0.4, -0.2) is 39.3 Å².